The molecule has 0 aromatic heterocycles. The average molecular weight is 444 g/mol. The summed E-state index contributed by atoms with van der Waals surface area (Å²) in [5.41, 5.74) is -1.14. The van der Waals surface area contributed by atoms with Gasteiger partial charge in [-0.2, -0.15) is 10.5 Å². The molecule has 1 N–H and O–H groups in total. The first-order valence-electron chi connectivity index (χ1n) is 10.8. The average Bonchev–Trinajstić information content (AvgIpc) is 3.50. The zero-order valence-corrected chi connectivity index (χ0v) is 18.7. The summed E-state index contributed by atoms with van der Waals surface area (Å²) in [6.07, 6.45) is 1.62. The number of hydrogen-bond acceptors (Lipinski definition) is 7. The highest BCUT2D eigenvalue weighted by Crippen LogP contribution is 2.67. The van der Waals surface area contributed by atoms with Gasteiger partial charge in [0, 0.05) is 28.8 Å². The highest BCUT2D eigenvalue weighted by atomic mass is 16.5. The molecule has 2 aromatic rings. The molecule has 8 nitrogen and oxygen atoms in total. The van der Waals surface area contributed by atoms with Crippen molar-refractivity contribution < 1.29 is 19.0 Å². The minimum absolute atomic E-state index is 0.201. The number of nitrogens with one attached hydrogen (secondary N) is 1. The first kappa shape index (κ1) is 21.1. The van der Waals surface area contributed by atoms with E-state index in [1.165, 1.54) is 21.3 Å². The van der Waals surface area contributed by atoms with E-state index in [0.29, 0.717) is 40.6 Å². The molecule has 3 aliphatic rings. The molecule has 1 spiro atoms. The molecule has 3 unspecified atom stereocenters. The maximum Gasteiger partial charge on any atom is 0.252 e. The van der Waals surface area contributed by atoms with Gasteiger partial charge < -0.3 is 19.5 Å². The molecule has 2 aromatic carbocycles. The summed E-state index contributed by atoms with van der Waals surface area (Å²) in [6, 6.07) is 15.4. The Hall–Kier alpha value is -3.75. The van der Waals surface area contributed by atoms with Crippen LogP contribution in [0.4, 0.5) is 5.69 Å². The Morgan fingerprint density at radius 2 is 1.76 bits per heavy atom. The summed E-state index contributed by atoms with van der Waals surface area (Å²) in [5.74, 6) is 0.344. The molecular weight excluding hydrogens is 420 g/mol. The lowest BCUT2D eigenvalue weighted by molar-refractivity contribution is -0.129. The topological polar surface area (TPSA) is 108 Å². The molecule has 1 amide bonds. The van der Waals surface area contributed by atoms with Gasteiger partial charge in [-0.05, 0) is 31.5 Å². The molecule has 2 fully saturated rings. The van der Waals surface area contributed by atoms with Crippen LogP contribution in [0.2, 0.25) is 0 Å². The molecule has 5 rings (SSSR count). The summed E-state index contributed by atoms with van der Waals surface area (Å²) < 4.78 is 16.8. The van der Waals surface area contributed by atoms with Crippen LogP contribution in [0.25, 0.3) is 0 Å². The Morgan fingerprint density at radius 3 is 2.42 bits per heavy atom. The number of rotatable bonds is 4. The number of benzene rings is 2. The molecule has 3 atom stereocenters. The van der Waals surface area contributed by atoms with Crippen LogP contribution in [0.3, 0.4) is 0 Å². The number of hydrogen-bond donors (Lipinski definition) is 1. The summed E-state index contributed by atoms with van der Waals surface area (Å²) in [5, 5.41) is 24.3. The second kappa shape index (κ2) is 7.40. The van der Waals surface area contributed by atoms with Crippen molar-refractivity contribution in [2.45, 2.75) is 30.3 Å². The molecule has 168 valence electrons. The fourth-order valence-corrected chi connectivity index (χ4v) is 6.35. The first-order chi connectivity index (χ1) is 16.0. The quantitative estimate of drug-likeness (QED) is 0.772. The van der Waals surface area contributed by atoms with E-state index in [9.17, 15) is 15.3 Å². The molecule has 2 saturated heterocycles. The van der Waals surface area contributed by atoms with Gasteiger partial charge in [0.2, 0.25) is 5.75 Å². The number of carbonyl (C=O) groups is 1. The van der Waals surface area contributed by atoms with Crippen LogP contribution in [-0.2, 0) is 10.3 Å². The zero-order chi connectivity index (χ0) is 23.4. The van der Waals surface area contributed by atoms with Gasteiger partial charge >= 0.3 is 0 Å². The standard InChI is InChI=1S/C25H24N4O4/c1-31-19-11-10-15(21(32-2)22(19)33-3)20-18-9-6-12-29(18)25(24(20,13-26)14-27)16-7-4-5-8-17(16)28-23(25)30/h4-5,7-8,10-11,18,20H,6,9,12H2,1-3H3,(H,28,30). The number of para-hydroxylation sites is 1. The largest absolute Gasteiger partial charge is 0.493 e. The van der Waals surface area contributed by atoms with E-state index in [1.807, 2.05) is 30.3 Å². The van der Waals surface area contributed by atoms with Gasteiger partial charge in [-0.15, -0.1) is 0 Å². The van der Waals surface area contributed by atoms with E-state index in [1.54, 1.807) is 6.07 Å². The molecule has 33 heavy (non-hydrogen) atoms. The van der Waals surface area contributed by atoms with Crippen molar-refractivity contribution in [3.63, 3.8) is 0 Å². The van der Waals surface area contributed by atoms with E-state index in [4.69, 9.17) is 14.2 Å². The normalized spacial score (nSPS) is 26.8. The number of fused-ring (bicyclic) bond motifs is 4. The molecule has 3 heterocycles. The number of ether oxygens (including phenoxy) is 3. The van der Waals surface area contributed by atoms with Crippen LogP contribution in [0.5, 0.6) is 17.2 Å². The van der Waals surface area contributed by atoms with Gasteiger partial charge in [0.25, 0.3) is 5.91 Å². The van der Waals surface area contributed by atoms with Crippen LogP contribution < -0.4 is 19.5 Å². The summed E-state index contributed by atoms with van der Waals surface area (Å²) >= 11 is 0. The molecular formula is C25H24N4O4. The van der Waals surface area contributed by atoms with Crippen LogP contribution in [-0.4, -0.2) is 44.7 Å². The van der Waals surface area contributed by atoms with Gasteiger partial charge in [0.15, 0.2) is 22.5 Å². The van der Waals surface area contributed by atoms with Crippen molar-refractivity contribution in [3.8, 4) is 29.4 Å². The number of nitriles is 2. The Balaban J connectivity index is 1.84. The molecule has 0 aliphatic carbocycles. The second-order valence-corrected chi connectivity index (χ2v) is 8.55. The number of amides is 1. The summed E-state index contributed by atoms with van der Waals surface area (Å²) in [4.78, 5) is 15.8. The van der Waals surface area contributed by atoms with Crippen LogP contribution in [0.1, 0.15) is 29.9 Å². The van der Waals surface area contributed by atoms with Crippen molar-refractivity contribution in [3.05, 3.63) is 47.5 Å². The Kier molecular flexibility index (Phi) is 4.73. The Labute approximate surface area is 192 Å². The number of anilines is 1. The fourth-order valence-electron chi connectivity index (χ4n) is 6.35. The highest BCUT2D eigenvalue weighted by molar-refractivity contribution is 6.08. The molecule has 8 heteroatoms. The van der Waals surface area contributed by atoms with Crippen molar-refractivity contribution in [1.29, 1.82) is 10.5 Å². The van der Waals surface area contributed by atoms with Crippen LogP contribution in [0.15, 0.2) is 36.4 Å². The van der Waals surface area contributed by atoms with E-state index in [-0.39, 0.29) is 11.9 Å². The van der Waals surface area contributed by atoms with Crippen molar-refractivity contribution >= 4 is 11.6 Å². The van der Waals surface area contributed by atoms with Crippen molar-refractivity contribution in [2.75, 3.05) is 33.2 Å². The molecule has 0 bridgehead atoms. The Bertz CT molecular complexity index is 1220. The minimum atomic E-state index is -1.69. The minimum Gasteiger partial charge on any atom is -0.493 e. The maximum absolute atomic E-state index is 13.8. The highest BCUT2D eigenvalue weighted by Gasteiger charge is 2.77. The van der Waals surface area contributed by atoms with Gasteiger partial charge in [0.05, 0.1) is 33.5 Å². The summed E-state index contributed by atoms with van der Waals surface area (Å²) in [7, 11) is 4.58. The van der Waals surface area contributed by atoms with Gasteiger partial charge in [-0.3, -0.25) is 9.69 Å². The van der Waals surface area contributed by atoms with Gasteiger partial charge in [-0.25, -0.2) is 0 Å². The molecule has 0 saturated carbocycles. The predicted octanol–water partition coefficient (Wildman–Crippen LogP) is 3.16. The lowest BCUT2D eigenvalue weighted by Gasteiger charge is -2.38. The predicted molar refractivity (Wildman–Crippen MR) is 119 cm³/mol. The van der Waals surface area contributed by atoms with Crippen molar-refractivity contribution in [2.24, 2.45) is 5.41 Å². The smallest absolute Gasteiger partial charge is 0.252 e. The van der Waals surface area contributed by atoms with Gasteiger partial charge in [-0.1, -0.05) is 24.3 Å². The third-order valence-corrected chi connectivity index (χ3v) is 7.47. The third-order valence-electron chi connectivity index (χ3n) is 7.47. The zero-order valence-electron chi connectivity index (χ0n) is 18.7. The van der Waals surface area contributed by atoms with Crippen LogP contribution in [0, 0.1) is 28.1 Å². The number of carbonyl (C=O) groups excluding carboxylic acids is 1. The second-order valence-electron chi connectivity index (χ2n) is 8.55. The monoisotopic (exact) mass is 444 g/mol. The number of methoxy groups -OCH3 is 3. The molecule has 3 aliphatic heterocycles. The fraction of sp³-hybridized carbons (Fsp3) is 0.400. The van der Waals surface area contributed by atoms with E-state index in [2.05, 4.69) is 22.4 Å². The van der Waals surface area contributed by atoms with E-state index >= 15 is 0 Å². The first-order valence-corrected chi connectivity index (χ1v) is 10.8. The van der Waals surface area contributed by atoms with Gasteiger partial charge in [0.1, 0.15) is 0 Å². The lowest BCUT2D eigenvalue weighted by atomic mass is 9.61. The SMILES string of the molecule is COc1ccc(C2C3CCCN3C3(C(=O)Nc4ccccc43)C2(C#N)C#N)c(OC)c1OC. The maximum atomic E-state index is 13.8. The van der Waals surface area contributed by atoms with Crippen molar-refractivity contribution in [1.82, 2.24) is 4.90 Å². The summed E-state index contributed by atoms with van der Waals surface area (Å²) in [6.45, 7) is 0.615. The van der Waals surface area contributed by atoms with Crippen LogP contribution >= 0.6 is 0 Å². The Morgan fingerprint density at radius 1 is 1.03 bits per heavy atom. The lowest BCUT2D eigenvalue weighted by Crippen LogP contribution is -2.55. The van der Waals surface area contributed by atoms with E-state index in [0.717, 1.165) is 12.8 Å². The van der Waals surface area contributed by atoms with E-state index < -0.39 is 16.9 Å². The number of nitrogens with zero attached hydrogens (tertiary/aromatic N) is 3. The molecule has 0 radical (unpaired) electrons. The third kappa shape index (κ3) is 2.34.